The Bertz CT molecular complexity index is 388. The third kappa shape index (κ3) is 4.55. The van der Waals surface area contributed by atoms with Crippen LogP contribution in [0.1, 0.15) is 51.2 Å². The fraction of sp³-hybridized carbons (Fsp3) is 0.800. The standard InChI is InChI=1S/C15H27N3S/c1-12(10-18-7-5-6-8-18)16-9-14-17-13(11-19-14)15(2,3)4/h11-12,16H,5-10H2,1-4H3. The van der Waals surface area contributed by atoms with E-state index in [2.05, 4.69) is 43.3 Å². The highest BCUT2D eigenvalue weighted by atomic mass is 32.1. The number of nitrogens with one attached hydrogen (secondary N) is 1. The SMILES string of the molecule is CC(CN1CCCC1)NCc1nc(C(C)(C)C)cs1. The van der Waals surface area contributed by atoms with E-state index in [4.69, 9.17) is 4.98 Å². The predicted molar refractivity (Wildman–Crippen MR) is 82.8 cm³/mol. The first-order valence-electron chi connectivity index (χ1n) is 7.36. The Kier molecular flexibility index (Phi) is 4.98. The molecule has 2 heterocycles. The van der Waals surface area contributed by atoms with Crippen molar-refractivity contribution in [2.24, 2.45) is 0 Å². The second kappa shape index (κ2) is 6.33. The molecule has 2 rings (SSSR count). The third-order valence-electron chi connectivity index (χ3n) is 3.65. The van der Waals surface area contributed by atoms with Gasteiger partial charge in [-0.3, -0.25) is 0 Å². The normalized spacial score (nSPS) is 18.9. The van der Waals surface area contributed by atoms with Crippen LogP contribution >= 0.6 is 11.3 Å². The summed E-state index contributed by atoms with van der Waals surface area (Å²) in [5.74, 6) is 0. The highest BCUT2D eigenvalue weighted by Crippen LogP contribution is 2.23. The zero-order valence-electron chi connectivity index (χ0n) is 12.7. The molecule has 1 N–H and O–H groups in total. The Labute approximate surface area is 121 Å². The smallest absolute Gasteiger partial charge is 0.107 e. The fourth-order valence-electron chi connectivity index (χ4n) is 2.42. The van der Waals surface area contributed by atoms with Gasteiger partial charge in [-0.25, -0.2) is 4.98 Å². The average molecular weight is 281 g/mol. The molecule has 1 atom stereocenters. The van der Waals surface area contributed by atoms with Gasteiger partial charge in [0, 0.05) is 29.9 Å². The first kappa shape index (κ1) is 14.9. The van der Waals surface area contributed by atoms with Gasteiger partial charge in [-0.15, -0.1) is 11.3 Å². The van der Waals surface area contributed by atoms with Crippen molar-refractivity contribution in [1.82, 2.24) is 15.2 Å². The molecule has 19 heavy (non-hydrogen) atoms. The van der Waals surface area contributed by atoms with Crippen LogP contribution in [0.2, 0.25) is 0 Å². The lowest BCUT2D eigenvalue weighted by molar-refractivity contribution is 0.298. The summed E-state index contributed by atoms with van der Waals surface area (Å²) >= 11 is 1.77. The first-order chi connectivity index (χ1) is 8.95. The van der Waals surface area contributed by atoms with Gasteiger partial charge in [-0.05, 0) is 32.9 Å². The largest absolute Gasteiger partial charge is 0.307 e. The minimum absolute atomic E-state index is 0.163. The highest BCUT2D eigenvalue weighted by Gasteiger charge is 2.18. The van der Waals surface area contributed by atoms with Crippen LogP contribution in [0.3, 0.4) is 0 Å². The quantitative estimate of drug-likeness (QED) is 0.899. The number of rotatable bonds is 5. The van der Waals surface area contributed by atoms with E-state index >= 15 is 0 Å². The molecule has 1 aromatic rings. The Morgan fingerprint density at radius 3 is 2.63 bits per heavy atom. The van der Waals surface area contributed by atoms with Gasteiger partial charge in [0.25, 0.3) is 0 Å². The zero-order chi connectivity index (χ0) is 13.9. The minimum Gasteiger partial charge on any atom is -0.307 e. The predicted octanol–water partition coefficient (Wildman–Crippen LogP) is 3.01. The lowest BCUT2D eigenvalue weighted by Gasteiger charge is -2.20. The Morgan fingerprint density at radius 1 is 1.37 bits per heavy atom. The van der Waals surface area contributed by atoms with Gasteiger partial charge >= 0.3 is 0 Å². The van der Waals surface area contributed by atoms with Crippen LogP contribution < -0.4 is 5.32 Å². The van der Waals surface area contributed by atoms with E-state index < -0.39 is 0 Å². The van der Waals surface area contributed by atoms with E-state index in [0.717, 1.165) is 13.1 Å². The molecule has 0 saturated carbocycles. The van der Waals surface area contributed by atoms with Gasteiger partial charge in [0.2, 0.25) is 0 Å². The van der Waals surface area contributed by atoms with Crippen molar-refractivity contribution in [3.63, 3.8) is 0 Å². The molecule has 1 aromatic heterocycles. The van der Waals surface area contributed by atoms with Gasteiger partial charge in [0.15, 0.2) is 0 Å². The Hall–Kier alpha value is -0.450. The monoisotopic (exact) mass is 281 g/mol. The van der Waals surface area contributed by atoms with Gasteiger partial charge in [0.1, 0.15) is 5.01 Å². The number of nitrogens with zero attached hydrogens (tertiary/aromatic N) is 2. The maximum atomic E-state index is 4.73. The van der Waals surface area contributed by atoms with Crippen LogP contribution in [0.25, 0.3) is 0 Å². The number of aromatic nitrogens is 1. The molecule has 0 aromatic carbocycles. The molecule has 0 spiro atoms. The lowest BCUT2D eigenvalue weighted by Crippen LogP contribution is -2.37. The van der Waals surface area contributed by atoms with Crippen molar-refractivity contribution >= 4 is 11.3 Å². The Balaban J connectivity index is 1.76. The van der Waals surface area contributed by atoms with E-state index in [1.54, 1.807) is 11.3 Å². The maximum absolute atomic E-state index is 4.73. The molecule has 1 fully saturated rings. The molecule has 108 valence electrons. The molecule has 1 aliphatic heterocycles. The van der Waals surface area contributed by atoms with Crippen molar-refractivity contribution < 1.29 is 0 Å². The molecule has 0 amide bonds. The topological polar surface area (TPSA) is 28.2 Å². The zero-order valence-corrected chi connectivity index (χ0v) is 13.5. The van der Waals surface area contributed by atoms with E-state index in [0.29, 0.717) is 6.04 Å². The summed E-state index contributed by atoms with van der Waals surface area (Å²) in [7, 11) is 0. The molecular weight excluding hydrogens is 254 g/mol. The van der Waals surface area contributed by atoms with E-state index in [1.165, 1.54) is 36.6 Å². The summed E-state index contributed by atoms with van der Waals surface area (Å²) < 4.78 is 0. The minimum atomic E-state index is 0.163. The highest BCUT2D eigenvalue weighted by molar-refractivity contribution is 7.09. The van der Waals surface area contributed by atoms with Gasteiger partial charge in [-0.1, -0.05) is 20.8 Å². The van der Waals surface area contributed by atoms with Gasteiger partial charge < -0.3 is 10.2 Å². The summed E-state index contributed by atoms with van der Waals surface area (Å²) in [5, 5.41) is 7.00. The Morgan fingerprint density at radius 2 is 2.05 bits per heavy atom. The van der Waals surface area contributed by atoms with E-state index in [1.807, 2.05) is 0 Å². The summed E-state index contributed by atoms with van der Waals surface area (Å²) in [6.07, 6.45) is 2.74. The average Bonchev–Trinajstić information content (AvgIpc) is 2.95. The van der Waals surface area contributed by atoms with Crippen LogP contribution in [-0.4, -0.2) is 35.6 Å². The second-order valence-electron chi connectivity index (χ2n) is 6.67. The van der Waals surface area contributed by atoms with E-state index in [-0.39, 0.29) is 5.41 Å². The second-order valence-corrected chi connectivity index (χ2v) is 7.61. The maximum Gasteiger partial charge on any atom is 0.107 e. The van der Waals surface area contributed by atoms with Crippen LogP contribution in [0.15, 0.2) is 5.38 Å². The molecule has 1 unspecified atom stereocenters. The van der Waals surface area contributed by atoms with Crippen molar-refractivity contribution in [3.05, 3.63) is 16.1 Å². The lowest BCUT2D eigenvalue weighted by atomic mass is 9.93. The van der Waals surface area contributed by atoms with Crippen molar-refractivity contribution in [1.29, 1.82) is 0 Å². The van der Waals surface area contributed by atoms with Crippen molar-refractivity contribution in [2.75, 3.05) is 19.6 Å². The summed E-state index contributed by atoms with van der Waals surface area (Å²) in [4.78, 5) is 7.28. The molecule has 1 saturated heterocycles. The molecule has 0 bridgehead atoms. The van der Waals surface area contributed by atoms with Crippen LogP contribution in [0.5, 0.6) is 0 Å². The summed E-state index contributed by atoms with van der Waals surface area (Å²) in [6.45, 7) is 13.5. The number of likely N-dealkylation sites (tertiary alicyclic amines) is 1. The molecule has 0 aliphatic carbocycles. The van der Waals surface area contributed by atoms with E-state index in [9.17, 15) is 0 Å². The molecule has 4 heteroatoms. The number of hydrogen-bond acceptors (Lipinski definition) is 4. The van der Waals surface area contributed by atoms with Crippen LogP contribution in [0, 0.1) is 0 Å². The van der Waals surface area contributed by atoms with Gasteiger partial charge in [0.05, 0.1) is 5.69 Å². The van der Waals surface area contributed by atoms with Crippen LogP contribution in [-0.2, 0) is 12.0 Å². The van der Waals surface area contributed by atoms with Crippen molar-refractivity contribution in [2.45, 2.75) is 58.5 Å². The molecule has 0 radical (unpaired) electrons. The molecule has 3 nitrogen and oxygen atoms in total. The number of hydrogen-bond donors (Lipinski definition) is 1. The van der Waals surface area contributed by atoms with Crippen molar-refractivity contribution in [3.8, 4) is 0 Å². The third-order valence-corrected chi connectivity index (χ3v) is 4.50. The summed E-state index contributed by atoms with van der Waals surface area (Å²) in [6, 6.07) is 0.542. The summed E-state index contributed by atoms with van der Waals surface area (Å²) in [5.41, 5.74) is 1.37. The molecule has 1 aliphatic rings. The first-order valence-corrected chi connectivity index (χ1v) is 8.24. The number of thiazole rings is 1. The van der Waals surface area contributed by atoms with Crippen LogP contribution in [0.4, 0.5) is 0 Å². The van der Waals surface area contributed by atoms with Gasteiger partial charge in [-0.2, -0.15) is 0 Å². The fourth-order valence-corrected chi connectivity index (χ4v) is 3.39. The molecular formula is C15H27N3S.